The zero-order valence-electron chi connectivity index (χ0n) is 11.4. The smallest absolute Gasteiger partial charge is 0.270 e. The number of Topliss-reactive ketones (excluding diaryl/α,β-unsaturated/α-hetero) is 1. The van der Waals surface area contributed by atoms with Crippen LogP contribution in [0.25, 0.3) is 10.9 Å². The van der Waals surface area contributed by atoms with Crippen molar-refractivity contribution in [1.82, 2.24) is 9.13 Å². The van der Waals surface area contributed by atoms with Crippen LogP contribution in [0.2, 0.25) is 0 Å². The Kier molecular flexibility index (Phi) is 3.06. The van der Waals surface area contributed by atoms with Crippen LogP contribution in [0.5, 0.6) is 0 Å². The fourth-order valence-electron chi connectivity index (χ4n) is 2.35. The van der Waals surface area contributed by atoms with Gasteiger partial charge in [0.05, 0.1) is 11.5 Å². The third-order valence-corrected chi connectivity index (χ3v) is 3.43. The minimum Gasteiger partial charge on any atom is -0.357 e. The van der Waals surface area contributed by atoms with Crippen LogP contribution in [0.4, 0.5) is 5.69 Å². The number of fused-ring (bicyclic) bond motifs is 1. The first kappa shape index (κ1) is 13.1. The zero-order valence-corrected chi connectivity index (χ0v) is 11.4. The van der Waals surface area contributed by atoms with Gasteiger partial charge in [0.15, 0.2) is 5.78 Å². The molecule has 2 heterocycles. The molecule has 6 nitrogen and oxygen atoms in total. The molecule has 3 rings (SSSR count). The van der Waals surface area contributed by atoms with Crippen LogP contribution in [0, 0.1) is 10.1 Å². The number of rotatable bonds is 4. The van der Waals surface area contributed by atoms with E-state index in [1.54, 1.807) is 35.2 Å². The molecule has 1 aromatic carbocycles. The summed E-state index contributed by atoms with van der Waals surface area (Å²) in [5.74, 6) is 0.00597. The Morgan fingerprint density at radius 3 is 2.71 bits per heavy atom. The summed E-state index contributed by atoms with van der Waals surface area (Å²) < 4.78 is 3.62. The fraction of sp³-hybridized carbons (Fsp3) is 0.133. The fourth-order valence-corrected chi connectivity index (χ4v) is 2.35. The molecule has 0 spiro atoms. The number of aromatic nitrogens is 2. The van der Waals surface area contributed by atoms with Crippen molar-refractivity contribution < 1.29 is 9.72 Å². The molecular weight excluding hydrogens is 270 g/mol. The first-order chi connectivity index (χ1) is 10.0. The van der Waals surface area contributed by atoms with Crippen LogP contribution in [-0.2, 0) is 13.6 Å². The molecule has 2 aromatic heterocycles. The van der Waals surface area contributed by atoms with Crippen LogP contribution < -0.4 is 0 Å². The van der Waals surface area contributed by atoms with E-state index in [0.717, 1.165) is 10.9 Å². The average Bonchev–Trinajstić information content (AvgIpc) is 3.05. The molecule has 0 saturated heterocycles. The van der Waals surface area contributed by atoms with E-state index in [0.29, 0.717) is 5.56 Å². The van der Waals surface area contributed by atoms with E-state index in [1.165, 1.54) is 12.1 Å². The summed E-state index contributed by atoms with van der Waals surface area (Å²) in [5.41, 5.74) is 1.51. The second kappa shape index (κ2) is 4.90. The second-order valence-electron chi connectivity index (χ2n) is 4.93. The number of nitro groups is 1. The highest BCUT2D eigenvalue weighted by atomic mass is 16.6. The Hall–Kier alpha value is -2.89. The van der Waals surface area contributed by atoms with Crippen molar-refractivity contribution in [2.24, 2.45) is 7.05 Å². The second-order valence-corrected chi connectivity index (χ2v) is 4.93. The van der Waals surface area contributed by atoms with Crippen LogP contribution in [0.1, 0.15) is 10.4 Å². The Morgan fingerprint density at radius 1 is 1.24 bits per heavy atom. The van der Waals surface area contributed by atoms with Gasteiger partial charge in [-0.3, -0.25) is 14.9 Å². The highest BCUT2D eigenvalue weighted by molar-refractivity contribution is 5.96. The average molecular weight is 283 g/mol. The molecule has 0 aliphatic heterocycles. The lowest BCUT2D eigenvalue weighted by atomic mass is 10.2. The van der Waals surface area contributed by atoms with Crippen molar-refractivity contribution in [2.45, 2.75) is 6.54 Å². The van der Waals surface area contributed by atoms with Crippen LogP contribution in [0.3, 0.4) is 0 Å². The van der Waals surface area contributed by atoms with E-state index in [4.69, 9.17) is 0 Å². The largest absolute Gasteiger partial charge is 0.357 e. The van der Waals surface area contributed by atoms with E-state index in [9.17, 15) is 14.9 Å². The number of nitro benzene ring substituents is 1. The molecular formula is C15H13N3O3. The van der Waals surface area contributed by atoms with Crippen LogP contribution in [0.15, 0.2) is 48.9 Å². The molecule has 0 saturated carbocycles. The summed E-state index contributed by atoms with van der Waals surface area (Å²) in [4.78, 5) is 22.5. The molecule has 0 fully saturated rings. The van der Waals surface area contributed by atoms with Gasteiger partial charge in [0.2, 0.25) is 0 Å². The van der Waals surface area contributed by atoms with Gasteiger partial charge in [-0.25, -0.2) is 0 Å². The van der Waals surface area contributed by atoms with Gasteiger partial charge in [0.25, 0.3) is 5.69 Å². The molecule has 0 N–H and O–H groups in total. The van der Waals surface area contributed by atoms with Gasteiger partial charge < -0.3 is 9.13 Å². The topological polar surface area (TPSA) is 70.1 Å². The molecule has 0 unspecified atom stereocenters. The van der Waals surface area contributed by atoms with Crippen molar-refractivity contribution in [3.05, 3.63) is 64.6 Å². The van der Waals surface area contributed by atoms with Gasteiger partial charge in [-0.15, -0.1) is 0 Å². The molecule has 0 bridgehead atoms. The summed E-state index contributed by atoms with van der Waals surface area (Å²) >= 11 is 0. The van der Waals surface area contributed by atoms with Gasteiger partial charge in [-0.2, -0.15) is 0 Å². The number of non-ortho nitro benzene ring substituents is 1. The van der Waals surface area contributed by atoms with Gasteiger partial charge in [0.1, 0.15) is 0 Å². The number of benzene rings is 1. The van der Waals surface area contributed by atoms with Crippen LogP contribution >= 0.6 is 0 Å². The Morgan fingerprint density at radius 2 is 2.05 bits per heavy atom. The van der Waals surface area contributed by atoms with E-state index >= 15 is 0 Å². The first-order valence-corrected chi connectivity index (χ1v) is 6.43. The number of carbonyl (C=O) groups is 1. The predicted octanol–water partition coefficient (Wildman–Crippen LogP) is 2.77. The van der Waals surface area contributed by atoms with Gasteiger partial charge >= 0.3 is 0 Å². The Balaban J connectivity index is 1.91. The number of ketones is 1. The molecule has 6 heteroatoms. The summed E-state index contributed by atoms with van der Waals surface area (Å²) in [5, 5.41) is 11.5. The normalized spacial score (nSPS) is 10.9. The third kappa shape index (κ3) is 2.43. The minimum atomic E-state index is -0.425. The molecule has 0 aliphatic rings. The molecule has 3 aromatic rings. The predicted molar refractivity (Wildman–Crippen MR) is 78.3 cm³/mol. The lowest BCUT2D eigenvalue weighted by Crippen LogP contribution is -2.08. The quantitative estimate of drug-likeness (QED) is 0.420. The van der Waals surface area contributed by atoms with E-state index in [2.05, 4.69) is 0 Å². The van der Waals surface area contributed by atoms with Crippen molar-refractivity contribution in [3.63, 3.8) is 0 Å². The zero-order chi connectivity index (χ0) is 15.0. The maximum absolute atomic E-state index is 12.2. The van der Waals surface area contributed by atoms with Gasteiger partial charge in [-0.1, -0.05) is 0 Å². The number of hydrogen-bond acceptors (Lipinski definition) is 3. The van der Waals surface area contributed by atoms with Crippen LogP contribution in [-0.4, -0.2) is 19.8 Å². The van der Waals surface area contributed by atoms with Crippen molar-refractivity contribution >= 4 is 22.4 Å². The van der Waals surface area contributed by atoms with Crippen molar-refractivity contribution in [1.29, 1.82) is 0 Å². The number of hydrogen-bond donors (Lipinski definition) is 0. The maximum atomic E-state index is 12.2. The molecule has 106 valence electrons. The number of aryl methyl sites for hydroxylation is 1. The van der Waals surface area contributed by atoms with Gasteiger partial charge in [-0.05, 0) is 18.2 Å². The Labute approximate surface area is 120 Å². The highest BCUT2D eigenvalue weighted by Crippen LogP contribution is 2.22. The standard InChI is InChI=1S/C15H13N3O3/c1-16-6-4-12(9-16)15(19)10-17-7-5-11-8-13(18(20)21)2-3-14(11)17/h2-9H,10H2,1H3. The summed E-state index contributed by atoms with van der Waals surface area (Å²) in [6, 6.07) is 8.19. The minimum absolute atomic E-state index is 0.00597. The van der Waals surface area contributed by atoms with Crippen molar-refractivity contribution in [2.75, 3.05) is 0 Å². The molecule has 21 heavy (non-hydrogen) atoms. The Bertz CT molecular complexity index is 845. The lowest BCUT2D eigenvalue weighted by molar-refractivity contribution is -0.384. The summed E-state index contributed by atoms with van der Waals surface area (Å²) in [7, 11) is 1.86. The maximum Gasteiger partial charge on any atom is 0.270 e. The highest BCUT2D eigenvalue weighted by Gasteiger charge is 2.12. The SMILES string of the molecule is Cn1ccc(C(=O)Cn2ccc3cc([N+](=O)[O-])ccc32)c1. The summed E-state index contributed by atoms with van der Waals surface area (Å²) in [6.07, 6.45) is 5.37. The molecule has 0 atom stereocenters. The third-order valence-electron chi connectivity index (χ3n) is 3.43. The lowest BCUT2D eigenvalue weighted by Gasteiger charge is -2.03. The number of carbonyl (C=O) groups excluding carboxylic acids is 1. The molecule has 0 radical (unpaired) electrons. The van der Waals surface area contributed by atoms with Crippen molar-refractivity contribution in [3.8, 4) is 0 Å². The van der Waals surface area contributed by atoms with Gasteiger partial charge in [0, 0.05) is 54.2 Å². The first-order valence-electron chi connectivity index (χ1n) is 6.43. The number of nitrogens with zero attached hydrogens (tertiary/aromatic N) is 3. The van der Waals surface area contributed by atoms with E-state index < -0.39 is 4.92 Å². The molecule has 0 amide bonds. The monoisotopic (exact) mass is 283 g/mol. The van der Waals surface area contributed by atoms with E-state index in [1.807, 2.05) is 17.8 Å². The molecule has 0 aliphatic carbocycles. The van der Waals surface area contributed by atoms with E-state index in [-0.39, 0.29) is 18.0 Å². The summed E-state index contributed by atoms with van der Waals surface area (Å²) in [6.45, 7) is 0.214.